The van der Waals surface area contributed by atoms with Crippen molar-refractivity contribution in [3.05, 3.63) is 65.7 Å². The molecule has 0 aliphatic carbocycles. The van der Waals surface area contributed by atoms with E-state index < -0.39 is 11.9 Å². The van der Waals surface area contributed by atoms with E-state index in [9.17, 15) is 4.79 Å². The third kappa shape index (κ3) is 15.4. The lowest BCUT2D eigenvalue weighted by Gasteiger charge is -2.26. The third-order valence-electron chi connectivity index (χ3n) is 7.24. The molecule has 0 saturated carbocycles. The zero-order valence-electron chi connectivity index (χ0n) is 24.6. The van der Waals surface area contributed by atoms with Crippen LogP contribution in [-0.4, -0.2) is 83.6 Å². The predicted molar refractivity (Wildman–Crippen MR) is 162 cm³/mol. The standard InChI is InChI=1S/C18H27NO2.C13H19N.C2H2O4/c1-2-3-15-21-17-9-7-16(8-10-17)18(20)11-14-19-12-5-4-6-13-19;1-3-7-13(8-4-1)9-12-14-10-5-2-6-11-14;3-1(4)2(5)6/h7-10H,2-6,11-15H2,1H3;1,3-4,7-8H,2,5-6,9-12H2;(H,3,4)(H,5,6). The molecule has 226 valence electrons. The highest BCUT2D eigenvalue weighted by molar-refractivity contribution is 6.27. The van der Waals surface area contributed by atoms with E-state index in [1.165, 1.54) is 70.1 Å². The van der Waals surface area contributed by atoms with Gasteiger partial charge in [-0.05, 0) is 94.5 Å². The summed E-state index contributed by atoms with van der Waals surface area (Å²) >= 11 is 0. The maximum Gasteiger partial charge on any atom is 0.414 e. The summed E-state index contributed by atoms with van der Waals surface area (Å²) in [5.74, 6) is -2.55. The van der Waals surface area contributed by atoms with Crippen LogP contribution in [0, 0.1) is 0 Å². The van der Waals surface area contributed by atoms with E-state index in [4.69, 9.17) is 24.5 Å². The fourth-order valence-electron chi connectivity index (χ4n) is 4.77. The van der Waals surface area contributed by atoms with Gasteiger partial charge in [0.2, 0.25) is 0 Å². The molecule has 2 aromatic rings. The van der Waals surface area contributed by atoms with Gasteiger partial charge < -0.3 is 24.7 Å². The van der Waals surface area contributed by atoms with Gasteiger partial charge in [-0.1, -0.05) is 56.5 Å². The summed E-state index contributed by atoms with van der Waals surface area (Å²) in [4.78, 5) is 35.4. The Balaban J connectivity index is 0.000000252. The Hall–Kier alpha value is -3.23. The molecule has 0 aromatic heterocycles. The molecule has 2 saturated heterocycles. The van der Waals surface area contributed by atoms with E-state index in [-0.39, 0.29) is 5.78 Å². The molecule has 0 spiro atoms. The predicted octanol–water partition coefficient (Wildman–Crippen LogP) is 5.79. The first-order chi connectivity index (χ1) is 19.9. The number of carboxylic acid groups (broad SMARTS) is 2. The SMILES string of the molecule is CCCCOc1ccc(C(=O)CCN2CCCCC2)cc1.O=C(O)C(=O)O.c1ccc(CCN2CCCCC2)cc1. The highest BCUT2D eigenvalue weighted by Crippen LogP contribution is 2.15. The zero-order chi connectivity index (χ0) is 29.7. The van der Waals surface area contributed by atoms with E-state index in [0.717, 1.165) is 50.4 Å². The van der Waals surface area contributed by atoms with Gasteiger partial charge in [0.25, 0.3) is 0 Å². The van der Waals surface area contributed by atoms with Crippen molar-refractivity contribution < 1.29 is 29.3 Å². The van der Waals surface area contributed by atoms with Gasteiger partial charge in [0.05, 0.1) is 6.61 Å². The van der Waals surface area contributed by atoms with Crippen LogP contribution in [0.3, 0.4) is 0 Å². The number of piperidine rings is 2. The smallest absolute Gasteiger partial charge is 0.414 e. The quantitative estimate of drug-likeness (QED) is 0.199. The number of unbranched alkanes of at least 4 members (excludes halogenated alkanes) is 1. The first-order valence-corrected chi connectivity index (χ1v) is 15.1. The Morgan fingerprint density at radius 1 is 0.732 bits per heavy atom. The number of carbonyl (C=O) groups is 3. The molecule has 2 fully saturated rings. The molecular weight excluding hydrogens is 520 g/mol. The van der Waals surface area contributed by atoms with Crippen LogP contribution in [0.1, 0.15) is 80.6 Å². The Labute approximate surface area is 245 Å². The highest BCUT2D eigenvalue weighted by atomic mass is 16.5. The van der Waals surface area contributed by atoms with Gasteiger partial charge in [0.15, 0.2) is 5.78 Å². The molecule has 2 heterocycles. The number of rotatable bonds is 11. The molecule has 0 amide bonds. The summed E-state index contributed by atoms with van der Waals surface area (Å²) in [6.07, 6.45) is 12.1. The largest absolute Gasteiger partial charge is 0.494 e. The van der Waals surface area contributed by atoms with Gasteiger partial charge >= 0.3 is 11.9 Å². The summed E-state index contributed by atoms with van der Waals surface area (Å²) in [6.45, 7) is 9.96. The molecule has 2 aromatic carbocycles. The number of Topliss-reactive ketones (excluding diaryl/α,β-unsaturated/α-hetero) is 1. The normalized spacial score (nSPS) is 15.4. The molecule has 2 aliphatic heterocycles. The average Bonchev–Trinajstić information content (AvgIpc) is 3.01. The zero-order valence-corrected chi connectivity index (χ0v) is 24.6. The second-order valence-electron chi connectivity index (χ2n) is 10.6. The minimum atomic E-state index is -1.82. The van der Waals surface area contributed by atoms with Crippen molar-refractivity contribution in [3.63, 3.8) is 0 Å². The second kappa shape index (κ2) is 20.6. The van der Waals surface area contributed by atoms with Crippen LogP contribution < -0.4 is 4.74 Å². The van der Waals surface area contributed by atoms with Crippen molar-refractivity contribution in [2.75, 3.05) is 45.9 Å². The maximum atomic E-state index is 12.2. The molecule has 4 rings (SSSR count). The Morgan fingerprint density at radius 2 is 1.27 bits per heavy atom. The molecule has 2 aliphatic rings. The second-order valence-corrected chi connectivity index (χ2v) is 10.6. The first-order valence-electron chi connectivity index (χ1n) is 15.1. The van der Waals surface area contributed by atoms with Gasteiger partial charge in [-0.3, -0.25) is 4.79 Å². The number of hydrogen-bond donors (Lipinski definition) is 2. The molecule has 2 N–H and O–H groups in total. The summed E-state index contributed by atoms with van der Waals surface area (Å²) in [5, 5.41) is 14.8. The lowest BCUT2D eigenvalue weighted by molar-refractivity contribution is -0.159. The van der Waals surface area contributed by atoms with Gasteiger partial charge in [0.1, 0.15) is 5.75 Å². The number of hydrogen-bond acceptors (Lipinski definition) is 6. The van der Waals surface area contributed by atoms with E-state index in [1.54, 1.807) is 0 Å². The number of likely N-dealkylation sites (tertiary alicyclic amines) is 2. The van der Waals surface area contributed by atoms with Gasteiger partial charge in [0, 0.05) is 25.1 Å². The van der Waals surface area contributed by atoms with Crippen LogP contribution in [0.25, 0.3) is 0 Å². The fraction of sp³-hybridized carbons (Fsp3) is 0.545. The minimum absolute atomic E-state index is 0.237. The lowest BCUT2D eigenvalue weighted by Crippen LogP contribution is -2.31. The molecule has 41 heavy (non-hydrogen) atoms. The molecular formula is C33H48N2O6. The van der Waals surface area contributed by atoms with Gasteiger partial charge in [-0.25, -0.2) is 9.59 Å². The first kappa shape index (κ1) is 34.0. The van der Waals surface area contributed by atoms with Crippen molar-refractivity contribution in [2.24, 2.45) is 0 Å². The van der Waals surface area contributed by atoms with Crippen LogP contribution in [0.15, 0.2) is 54.6 Å². The fourth-order valence-corrected chi connectivity index (χ4v) is 4.77. The van der Waals surface area contributed by atoms with Gasteiger partial charge in [-0.15, -0.1) is 0 Å². The summed E-state index contributed by atoms with van der Waals surface area (Å²) in [5.41, 5.74) is 2.27. The average molecular weight is 569 g/mol. The summed E-state index contributed by atoms with van der Waals surface area (Å²) in [6, 6.07) is 18.4. The monoisotopic (exact) mass is 568 g/mol. The number of ether oxygens (including phenoxy) is 1. The molecule has 0 bridgehead atoms. The van der Waals surface area contributed by atoms with Crippen LogP contribution in [-0.2, 0) is 16.0 Å². The highest BCUT2D eigenvalue weighted by Gasteiger charge is 2.13. The molecule has 0 radical (unpaired) electrons. The number of aliphatic carboxylic acids is 2. The summed E-state index contributed by atoms with van der Waals surface area (Å²) < 4.78 is 5.62. The van der Waals surface area contributed by atoms with Crippen molar-refractivity contribution in [3.8, 4) is 5.75 Å². The van der Waals surface area contributed by atoms with Crippen LogP contribution in [0.5, 0.6) is 5.75 Å². The Kier molecular flexibility index (Phi) is 17.1. The van der Waals surface area contributed by atoms with E-state index in [2.05, 4.69) is 47.1 Å². The van der Waals surface area contributed by atoms with Crippen LogP contribution >= 0.6 is 0 Å². The number of benzene rings is 2. The Bertz CT molecular complexity index is 988. The third-order valence-corrected chi connectivity index (χ3v) is 7.24. The topological polar surface area (TPSA) is 107 Å². The molecule has 8 nitrogen and oxygen atoms in total. The van der Waals surface area contributed by atoms with Crippen molar-refractivity contribution in [1.29, 1.82) is 0 Å². The van der Waals surface area contributed by atoms with E-state index in [1.807, 2.05) is 24.3 Å². The van der Waals surface area contributed by atoms with Crippen molar-refractivity contribution >= 4 is 17.7 Å². The van der Waals surface area contributed by atoms with Crippen LogP contribution in [0.2, 0.25) is 0 Å². The Morgan fingerprint density at radius 3 is 1.78 bits per heavy atom. The number of carbonyl (C=O) groups excluding carboxylic acids is 1. The molecule has 0 unspecified atom stereocenters. The number of nitrogens with zero attached hydrogens (tertiary/aromatic N) is 2. The van der Waals surface area contributed by atoms with E-state index in [0.29, 0.717) is 6.42 Å². The summed E-state index contributed by atoms with van der Waals surface area (Å²) in [7, 11) is 0. The molecule has 0 atom stereocenters. The van der Waals surface area contributed by atoms with Gasteiger partial charge in [-0.2, -0.15) is 0 Å². The minimum Gasteiger partial charge on any atom is -0.494 e. The van der Waals surface area contributed by atoms with Crippen molar-refractivity contribution in [2.45, 2.75) is 71.1 Å². The maximum absolute atomic E-state index is 12.2. The van der Waals surface area contributed by atoms with E-state index >= 15 is 0 Å². The number of carboxylic acids is 2. The van der Waals surface area contributed by atoms with Crippen molar-refractivity contribution in [1.82, 2.24) is 9.80 Å². The van der Waals surface area contributed by atoms with Crippen LogP contribution in [0.4, 0.5) is 0 Å². The lowest BCUT2D eigenvalue weighted by atomic mass is 10.1. The molecule has 8 heteroatoms. The number of ketones is 1.